The van der Waals surface area contributed by atoms with E-state index < -0.39 is 22.2 Å². The van der Waals surface area contributed by atoms with Crippen LogP contribution >= 0.6 is 11.3 Å². The van der Waals surface area contributed by atoms with Crippen molar-refractivity contribution in [3.8, 4) is 0 Å². The molecule has 6 nitrogen and oxygen atoms in total. The second-order valence-corrected chi connectivity index (χ2v) is 6.13. The summed E-state index contributed by atoms with van der Waals surface area (Å²) in [6.45, 7) is -0.258. The van der Waals surface area contributed by atoms with E-state index >= 15 is 0 Å². The normalized spacial score (nSPS) is 16.0. The van der Waals surface area contributed by atoms with Crippen LogP contribution in [0, 0.1) is 0 Å². The Labute approximate surface area is 97.0 Å². The molecule has 0 saturated heterocycles. The largest absolute Gasteiger partial charge is 0.396 e. The van der Waals surface area contributed by atoms with E-state index in [1.54, 1.807) is 0 Å². The fourth-order valence-electron chi connectivity index (χ4n) is 1.13. The first-order valence-electron chi connectivity index (χ1n) is 4.45. The first kappa shape index (κ1) is 13.6. The molecule has 0 aliphatic heterocycles. The highest BCUT2D eigenvalue weighted by atomic mass is 32.2. The van der Waals surface area contributed by atoms with E-state index in [0.717, 1.165) is 11.3 Å². The third-order valence-corrected chi connectivity index (χ3v) is 4.56. The van der Waals surface area contributed by atoms with Crippen LogP contribution in [0.25, 0.3) is 0 Å². The number of aliphatic hydroxyl groups excluding tert-OH is 3. The maximum Gasteiger partial charge on any atom is 0.247 e. The van der Waals surface area contributed by atoms with Crippen LogP contribution in [0.4, 0.5) is 0 Å². The van der Waals surface area contributed by atoms with Gasteiger partial charge >= 0.3 is 0 Å². The van der Waals surface area contributed by atoms with Crippen LogP contribution in [0.3, 0.4) is 0 Å². The maximum atomic E-state index is 11.0. The Bertz CT molecular complexity index is 441. The zero-order valence-electron chi connectivity index (χ0n) is 8.28. The van der Waals surface area contributed by atoms with Crippen molar-refractivity contribution in [2.24, 2.45) is 5.14 Å². The molecular formula is C8H13NO5S2. The van der Waals surface area contributed by atoms with Gasteiger partial charge in [0.05, 0.1) is 6.10 Å². The van der Waals surface area contributed by atoms with Crippen LogP contribution in [0.1, 0.15) is 17.4 Å². The van der Waals surface area contributed by atoms with E-state index in [4.69, 9.17) is 10.2 Å². The number of nitrogens with two attached hydrogens (primary N) is 1. The lowest BCUT2D eigenvalue weighted by molar-refractivity contribution is 0.00617. The van der Waals surface area contributed by atoms with Gasteiger partial charge in [-0.1, -0.05) is 0 Å². The highest BCUT2D eigenvalue weighted by molar-refractivity contribution is 7.91. The molecule has 0 aromatic carbocycles. The van der Waals surface area contributed by atoms with Gasteiger partial charge in [0.25, 0.3) is 0 Å². The Kier molecular flexibility index (Phi) is 4.42. The molecule has 16 heavy (non-hydrogen) atoms. The number of thiophene rings is 1. The van der Waals surface area contributed by atoms with Gasteiger partial charge in [-0.3, -0.25) is 0 Å². The first-order valence-corrected chi connectivity index (χ1v) is 6.82. The molecule has 0 bridgehead atoms. The Morgan fingerprint density at radius 1 is 1.38 bits per heavy atom. The molecule has 0 aliphatic rings. The van der Waals surface area contributed by atoms with Gasteiger partial charge in [0.15, 0.2) is 0 Å². The molecule has 1 rings (SSSR count). The zero-order valence-corrected chi connectivity index (χ0v) is 9.91. The Morgan fingerprint density at radius 3 is 2.44 bits per heavy atom. The fraction of sp³-hybridized carbons (Fsp3) is 0.500. The summed E-state index contributed by atoms with van der Waals surface area (Å²) in [4.78, 5) is 0.296. The number of rotatable bonds is 5. The van der Waals surface area contributed by atoms with Gasteiger partial charge in [-0.2, -0.15) is 0 Å². The highest BCUT2D eigenvalue weighted by Crippen LogP contribution is 2.28. The van der Waals surface area contributed by atoms with Crippen molar-refractivity contribution in [3.05, 3.63) is 17.0 Å². The van der Waals surface area contributed by atoms with Gasteiger partial charge in [-0.05, 0) is 18.6 Å². The monoisotopic (exact) mass is 267 g/mol. The van der Waals surface area contributed by atoms with Crippen molar-refractivity contribution in [3.63, 3.8) is 0 Å². The molecule has 0 aliphatic carbocycles. The van der Waals surface area contributed by atoms with E-state index in [-0.39, 0.29) is 17.2 Å². The van der Waals surface area contributed by atoms with Crippen LogP contribution in [0.15, 0.2) is 16.3 Å². The Hall–Kier alpha value is -0.510. The van der Waals surface area contributed by atoms with E-state index in [2.05, 4.69) is 0 Å². The van der Waals surface area contributed by atoms with E-state index in [0.29, 0.717) is 4.88 Å². The molecule has 0 amide bonds. The molecule has 0 radical (unpaired) electrons. The summed E-state index contributed by atoms with van der Waals surface area (Å²) in [7, 11) is -3.78. The summed E-state index contributed by atoms with van der Waals surface area (Å²) < 4.78 is 21.9. The number of aliphatic hydroxyl groups is 3. The number of hydrogen-bond donors (Lipinski definition) is 4. The van der Waals surface area contributed by atoms with Crippen molar-refractivity contribution in [1.82, 2.24) is 0 Å². The molecule has 92 valence electrons. The van der Waals surface area contributed by atoms with Gasteiger partial charge < -0.3 is 15.3 Å². The lowest BCUT2D eigenvalue weighted by Crippen LogP contribution is -2.18. The average Bonchev–Trinajstić information content (AvgIpc) is 2.65. The minimum atomic E-state index is -3.78. The molecule has 0 fully saturated rings. The minimum Gasteiger partial charge on any atom is -0.396 e. The first-order chi connectivity index (χ1) is 7.36. The topological polar surface area (TPSA) is 121 Å². The predicted octanol–water partition coefficient (Wildman–Crippen LogP) is -0.828. The van der Waals surface area contributed by atoms with Gasteiger partial charge in [0.2, 0.25) is 10.0 Å². The lowest BCUT2D eigenvalue weighted by Gasteiger charge is -2.14. The van der Waals surface area contributed by atoms with E-state index in [1.807, 2.05) is 0 Å². The number of hydrogen-bond acceptors (Lipinski definition) is 6. The zero-order chi connectivity index (χ0) is 12.3. The van der Waals surface area contributed by atoms with Crippen molar-refractivity contribution < 1.29 is 23.7 Å². The van der Waals surface area contributed by atoms with Gasteiger partial charge in [-0.15, -0.1) is 11.3 Å². The quantitative estimate of drug-likeness (QED) is 0.555. The molecule has 1 aromatic rings. The molecule has 8 heteroatoms. The molecule has 0 saturated carbocycles. The Balaban J connectivity index is 2.86. The summed E-state index contributed by atoms with van der Waals surface area (Å²) in [6, 6.07) is 2.65. The van der Waals surface area contributed by atoms with Crippen molar-refractivity contribution in [2.45, 2.75) is 22.8 Å². The summed E-state index contributed by atoms with van der Waals surface area (Å²) >= 11 is 0.798. The summed E-state index contributed by atoms with van der Waals surface area (Å²) in [5, 5.41) is 32.5. The molecule has 1 heterocycles. The van der Waals surface area contributed by atoms with E-state index in [1.165, 1.54) is 12.1 Å². The standard InChI is InChI=1S/C8H13NO5S2/c9-16(13,14)7-2-1-6(15-7)8(12)5(11)3-4-10/h1-2,5,8,10-12H,3-4H2,(H2,9,13,14). The predicted molar refractivity (Wildman–Crippen MR) is 58.4 cm³/mol. The molecule has 5 N–H and O–H groups in total. The third-order valence-electron chi connectivity index (χ3n) is 1.96. The van der Waals surface area contributed by atoms with Gasteiger partial charge in [0, 0.05) is 11.5 Å². The van der Waals surface area contributed by atoms with Crippen LogP contribution < -0.4 is 5.14 Å². The van der Waals surface area contributed by atoms with Crippen LogP contribution in [0.2, 0.25) is 0 Å². The molecule has 1 aromatic heterocycles. The molecular weight excluding hydrogens is 254 g/mol. The van der Waals surface area contributed by atoms with Crippen LogP contribution in [-0.4, -0.2) is 36.4 Å². The molecule has 2 unspecified atom stereocenters. The second kappa shape index (κ2) is 5.21. The van der Waals surface area contributed by atoms with Crippen molar-refractivity contribution in [1.29, 1.82) is 0 Å². The fourth-order valence-corrected chi connectivity index (χ4v) is 2.92. The summed E-state index contributed by atoms with van der Waals surface area (Å²) in [6.07, 6.45) is -2.33. The number of sulfonamides is 1. The Morgan fingerprint density at radius 2 is 2.00 bits per heavy atom. The summed E-state index contributed by atoms with van der Waals surface area (Å²) in [5.41, 5.74) is 0. The van der Waals surface area contributed by atoms with E-state index in [9.17, 15) is 18.6 Å². The van der Waals surface area contributed by atoms with Crippen LogP contribution in [-0.2, 0) is 10.0 Å². The van der Waals surface area contributed by atoms with Gasteiger partial charge in [-0.25, -0.2) is 13.6 Å². The molecule has 0 spiro atoms. The lowest BCUT2D eigenvalue weighted by atomic mass is 10.1. The molecule has 2 atom stereocenters. The smallest absolute Gasteiger partial charge is 0.247 e. The maximum absolute atomic E-state index is 11.0. The van der Waals surface area contributed by atoms with Crippen LogP contribution in [0.5, 0.6) is 0 Å². The summed E-state index contributed by atoms with van der Waals surface area (Å²) in [5.74, 6) is 0. The van der Waals surface area contributed by atoms with Gasteiger partial charge in [0.1, 0.15) is 10.3 Å². The highest BCUT2D eigenvalue weighted by Gasteiger charge is 2.21. The van der Waals surface area contributed by atoms with Crippen molar-refractivity contribution >= 4 is 21.4 Å². The minimum absolute atomic E-state index is 0.0176. The average molecular weight is 267 g/mol. The SMILES string of the molecule is NS(=O)(=O)c1ccc(C(O)C(O)CCO)s1. The third kappa shape index (κ3) is 3.24. The second-order valence-electron chi connectivity index (χ2n) is 3.23. The van der Waals surface area contributed by atoms with Crippen molar-refractivity contribution in [2.75, 3.05) is 6.61 Å². The number of primary sulfonamides is 1.